The van der Waals surface area contributed by atoms with E-state index in [2.05, 4.69) is 28.8 Å². The molecule has 4 rings (SSSR count). The summed E-state index contributed by atoms with van der Waals surface area (Å²) >= 11 is 0. The van der Waals surface area contributed by atoms with E-state index in [1.54, 1.807) is 0 Å². The zero-order valence-electron chi connectivity index (χ0n) is 11.3. The number of aromatic nitrogens is 2. The van der Waals surface area contributed by atoms with E-state index < -0.39 is 0 Å². The normalized spacial score (nSPS) is 27.8. The third-order valence-corrected chi connectivity index (χ3v) is 4.62. The molecule has 3 nitrogen and oxygen atoms in total. The summed E-state index contributed by atoms with van der Waals surface area (Å²) in [6, 6.07) is 9.63. The summed E-state index contributed by atoms with van der Waals surface area (Å²) in [6.45, 7) is 0. The highest BCUT2D eigenvalue weighted by molar-refractivity contribution is 5.76. The first-order valence-electron chi connectivity index (χ1n) is 7.55. The average molecular weight is 255 g/mol. The number of nitrogens with two attached hydrogens (primary N) is 1. The highest BCUT2D eigenvalue weighted by atomic mass is 15.1. The standard InChI is InChI=1S/C16H21N3/c17-12-5-3-4-11(10-12)16-18-14-6-1-2-7-15(14)19(16)13-8-9-13/h1-2,6-7,11-13H,3-5,8-10,17H2. The number of hydrogen-bond donors (Lipinski definition) is 1. The predicted octanol–water partition coefficient (Wildman–Crippen LogP) is 3.36. The Morgan fingerprint density at radius 2 is 1.95 bits per heavy atom. The van der Waals surface area contributed by atoms with Crippen LogP contribution in [0.4, 0.5) is 0 Å². The molecular formula is C16H21N3. The molecule has 2 fully saturated rings. The number of nitrogens with zero attached hydrogens (tertiary/aromatic N) is 2. The van der Waals surface area contributed by atoms with Crippen molar-refractivity contribution in [3.63, 3.8) is 0 Å². The van der Waals surface area contributed by atoms with Gasteiger partial charge in [0.2, 0.25) is 0 Å². The molecule has 3 heteroatoms. The topological polar surface area (TPSA) is 43.8 Å². The van der Waals surface area contributed by atoms with Crippen LogP contribution in [-0.4, -0.2) is 15.6 Å². The van der Waals surface area contributed by atoms with Crippen LogP contribution in [0.3, 0.4) is 0 Å². The maximum atomic E-state index is 6.16. The Morgan fingerprint density at radius 3 is 2.74 bits per heavy atom. The van der Waals surface area contributed by atoms with Crippen LogP contribution < -0.4 is 5.73 Å². The number of fused-ring (bicyclic) bond motifs is 1. The summed E-state index contributed by atoms with van der Waals surface area (Å²) in [4.78, 5) is 4.94. The molecule has 2 aliphatic rings. The SMILES string of the molecule is NC1CCCC(c2nc3ccccc3n2C2CC2)C1. The van der Waals surface area contributed by atoms with E-state index in [0.717, 1.165) is 11.9 Å². The molecular weight excluding hydrogens is 234 g/mol. The molecule has 19 heavy (non-hydrogen) atoms. The molecule has 1 aromatic heterocycles. The Kier molecular flexibility index (Phi) is 2.62. The van der Waals surface area contributed by atoms with E-state index in [1.165, 1.54) is 43.4 Å². The molecule has 2 saturated carbocycles. The molecule has 100 valence electrons. The Morgan fingerprint density at radius 1 is 1.11 bits per heavy atom. The third kappa shape index (κ3) is 1.96. The summed E-state index contributed by atoms with van der Waals surface area (Å²) in [5.74, 6) is 1.87. The first kappa shape index (κ1) is 11.5. The summed E-state index contributed by atoms with van der Waals surface area (Å²) in [5, 5.41) is 0. The number of imidazole rings is 1. The Hall–Kier alpha value is -1.35. The van der Waals surface area contributed by atoms with Crippen LogP contribution in [0, 0.1) is 0 Å². The van der Waals surface area contributed by atoms with Crippen LogP contribution in [0.25, 0.3) is 11.0 Å². The van der Waals surface area contributed by atoms with E-state index in [-0.39, 0.29) is 0 Å². The fourth-order valence-electron chi connectivity index (χ4n) is 3.53. The van der Waals surface area contributed by atoms with E-state index in [1.807, 2.05) is 0 Å². The first-order chi connectivity index (χ1) is 9.33. The number of rotatable bonds is 2. The van der Waals surface area contributed by atoms with Gasteiger partial charge in [-0.3, -0.25) is 0 Å². The van der Waals surface area contributed by atoms with Crippen LogP contribution in [0.2, 0.25) is 0 Å². The van der Waals surface area contributed by atoms with Gasteiger partial charge in [0.25, 0.3) is 0 Å². The average Bonchev–Trinajstić information content (AvgIpc) is 3.18. The van der Waals surface area contributed by atoms with Crippen molar-refractivity contribution >= 4 is 11.0 Å². The smallest absolute Gasteiger partial charge is 0.113 e. The number of hydrogen-bond acceptors (Lipinski definition) is 2. The summed E-state index contributed by atoms with van der Waals surface area (Å²) in [7, 11) is 0. The fraction of sp³-hybridized carbons (Fsp3) is 0.562. The van der Waals surface area contributed by atoms with Gasteiger partial charge in [0.1, 0.15) is 5.82 Å². The molecule has 1 aromatic carbocycles. The molecule has 0 amide bonds. The Bertz CT molecular complexity index is 597. The molecule has 2 N–H and O–H groups in total. The lowest BCUT2D eigenvalue weighted by atomic mass is 9.85. The van der Waals surface area contributed by atoms with Gasteiger partial charge in [-0.1, -0.05) is 18.6 Å². The monoisotopic (exact) mass is 255 g/mol. The second kappa shape index (κ2) is 4.34. The molecule has 0 aliphatic heterocycles. The second-order valence-electron chi connectivity index (χ2n) is 6.18. The van der Waals surface area contributed by atoms with E-state index in [4.69, 9.17) is 10.7 Å². The maximum Gasteiger partial charge on any atom is 0.113 e. The van der Waals surface area contributed by atoms with Crippen molar-refractivity contribution in [2.24, 2.45) is 5.73 Å². The van der Waals surface area contributed by atoms with Crippen molar-refractivity contribution in [1.82, 2.24) is 9.55 Å². The van der Waals surface area contributed by atoms with Gasteiger partial charge >= 0.3 is 0 Å². The minimum absolute atomic E-state index is 0.367. The van der Waals surface area contributed by atoms with Crippen LogP contribution in [-0.2, 0) is 0 Å². The van der Waals surface area contributed by atoms with Crippen molar-refractivity contribution in [3.05, 3.63) is 30.1 Å². The van der Waals surface area contributed by atoms with Gasteiger partial charge in [-0.25, -0.2) is 4.98 Å². The van der Waals surface area contributed by atoms with Crippen LogP contribution in [0.1, 0.15) is 56.3 Å². The molecule has 0 bridgehead atoms. The van der Waals surface area contributed by atoms with Gasteiger partial charge < -0.3 is 10.3 Å². The number of benzene rings is 1. The van der Waals surface area contributed by atoms with Crippen LogP contribution in [0.5, 0.6) is 0 Å². The zero-order chi connectivity index (χ0) is 12.8. The molecule has 2 aliphatic carbocycles. The minimum atomic E-state index is 0.367. The van der Waals surface area contributed by atoms with Crippen LogP contribution >= 0.6 is 0 Å². The van der Waals surface area contributed by atoms with Crippen molar-refractivity contribution in [3.8, 4) is 0 Å². The lowest BCUT2D eigenvalue weighted by Gasteiger charge is -2.26. The molecule has 0 saturated heterocycles. The van der Waals surface area contributed by atoms with Gasteiger partial charge in [0.05, 0.1) is 11.0 Å². The van der Waals surface area contributed by atoms with E-state index in [0.29, 0.717) is 18.0 Å². The lowest BCUT2D eigenvalue weighted by molar-refractivity contribution is 0.374. The van der Waals surface area contributed by atoms with Gasteiger partial charge in [0, 0.05) is 18.0 Å². The van der Waals surface area contributed by atoms with Crippen LogP contribution in [0.15, 0.2) is 24.3 Å². The van der Waals surface area contributed by atoms with E-state index in [9.17, 15) is 0 Å². The zero-order valence-corrected chi connectivity index (χ0v) is 11.3. The van der Waals surface area contributed by atoms with Crippen molar-refractivity contribution < 1.29 is 0 Å². The van der Waals surface area contributed by atoms with Crippen molar-refractivity contribution in [2.75, 3.05) is 0 Å². The van der Waals surface area contributed by atoms with Gasteiger partial charge in [-0.15, -0.1) is 0 Å². The summed E-state index contributed by atoms with van der Waals surface area (Å²) in [5.41, 5.74) is 8.64. The van der Waals surface area contributed by atoms with E-state index >= 15 is 0 Å². The highest BCUT2D eigenvalue weighted by Gasteiger charge is 2.32. The summed E-state index contributed by atoms with van der Waals surface area (Å²) in [6.07, 6.45) is 7.41. The fourth-order valence-corrected chi connectivity index (χ4v) is 3.53. The molecule has 2 unspecified atom stereocenters. The number of para-hydroxylation sites is 2. The maximum absolute atomic E-state index is 6.16. The molecule has 0 spiro atoms. The predicted molar refractivity (Wildman–Crippen MR) is 77.2 cm³/mol. The largest absolute Gasteiger partial charge is 0.328 e. The van der Waals surface area contributed by atoms with Crippen molar-refractivity contribution in [1.29, 1.82) is 0 Å². The minimum Gasteiger partial charge on any atom is -0.328 e. The Labute approximate surface area is 113 Å². The second-order valence-corrected chi connectivity index (χ2v) is 6.18. The lowest BCUT2D eigenvalue weighted by Crippen LogP contribution is -2.28. The first-order valence-corrected chi connectivity index (χ1v) is 7.55. The van der Waals surface area contributed by atoms with Crippen molar-refractivity contribution in [2.45, 2.75) is 56.5 Å². The van der Waals surface area contributed by atoms with Gasteiger partial charge in [-0.05, 0) is 44.2 Å². The molecule has 2 atom stereocenters. The van der Waals surface area contributed by atoms with Gasteiger partial charge in [-0.2, -0.15) is 0 Å². The summed E-state index contributed by atoms with van der Waals surface area (Å²) < 4.78 is 2.51. The molecule has 0 radical (unpaired) electrons. The Balaban J connectivity index is 1.81. The highest BCUT2D eigenvalue weighted by Crippen LogP contribution is 2.42. The van der Waals surface area contributed by atoms with Gasteiger partial charge in [0.15, 0.2) is 0 Å². The third-order valence-electron chi connectivity index (χ3n) is 4.62. The molecule has 2 aromatic rings. The quantitative estimate of drug-likeness (QED) is 0.894. The molecule has 1 heterocycles.